The molecule has 0 saturated heterocycles. The standard InChI is InChI=1S/C7H11NO5/c1-4(6(10)11)2-5(7(12)13)8-3-9/h3-5H,2H2,1H3,(H,8,9)(H,10,11)(H,12,13)/t4-,5-/m1/s1. The van der Waals surface area contributed by atoms with Crippen LogP contribution in [0.4, 0.5) is 0 Å². The maximum Gasteiger partial charge on any atom is 0.326 e. The number of carbonyl (C=O) groups excluding carboxylic acids is 1. The lowest BCUT2D eigenvalue weighted by atomic mass is 10.0. The molecule has 0 spiro atoms. The second kappa shape index (κ2) is 5.13. The molecule has 0 saturated carbocycles. The molecule has 0 fully saturated rings. The van der Waals surface area contributed by atoms with Crippen molar-refractivity contribution in [1.82, 2.24) is 5.32 Å². The van der Waals surface area contributed by atoms with Crippen LogP contribution < -0.4 is 5.32 Å². The number of hydrogen-bond acceptors (Lipinski definition) is 3. The summed E-state index contributed by atoms with van der Waals surface area (Å²) in [7, 11) is 0. The Bertz CT molecular complexity index is 215. The topological polar surface area (TPSA) is 104 Å². The predicted octanol–water partition coefficient (Wildman–Crippen LogP) is -0.704. The molecule has 2 atom stereocenters. The molecule has 0 aliphatic rings. The summed E-state index contributed by atoms with van der Waals surface area (Å²) >= 11 is 0. The number of hydrogen-bond donors (Lipinski definition) is 3. The minimum atomic E-state index is -1.24. The molecule has 0 aromatic carbocycles. The molecule has 6 nitrogen and oxygen atoms in total. The fourth-order valence-corrected chi connectivity index (χ4v) is 0.777. The Morgan fingerprint density at radius 3 is 2.23 bits per heavy atom. The first-order valence-corrected chi connectivity index (χ1v) is 3.64. The quantitative estimate of drug-likeness (QED) is 0.479. The summed E-state index contributed by atoms with van der Waals surface area (Å²) in [6.07, 6.45) is 0.122. The van der Waals surface area contributed by atoms with Crippen LogP contribution in [0, 0.1) is 5.92 Å². The van der Waals surface area contributed by atoms with Crippen LogP contribution in [-0.4, -0.2) is 34.6 Å². The van der Waals surface area contributed by atoms with Gasteiger partial charge in [-0.05, 0) is 6.42 Å². The average molecular weight is 189 g/mol. The SMILES string of the molecule is C[C@H](C[C@@H](NC=O)C(=O)O)C(=O)O. The summed E-state index contributed by atoms with van der Waals surface area (Å²) in [5.74, 6) is -3.12. The maximum absolute atomic E-state index is 10.4. The van der Waals surface area contributed by atoms with E-state index < -0.39 is 23.9 Å². The zero-order chi connectivity index (χ0) is 10.4. The van der Waals surface area contributed by atoms with Crippen molar-refractivity contribution in [2.24, 2.45) is 5.92 Å². The van der Waals surface area contributed by atoms with Crippen LogP contribution in [-0.2, 0) is 14.4 Å². The van der Waals surface area contributed by atoms with Crippen molar-refractivity contribution in [3.05, 3.63) is 0 Å². The zero-order valence-electron chi connectivity index (χ0n) is 7.06. The van der Waals surface area contributed by atoms with Crippen LogP contribution >= 0.6 is 0 Å². The van der Waals surface area contributed by atoms with Gasteiger partial charge in [0.05, 0.1) is 5.92 Å². The van der Waals surface area contributed by atoms with E-state index >= 15 is 0 Å². The fraction of sp³-hybridized carbons (Fsp3) is 0.571. The van der Waals surface area contributed by atoms with Crippen LogP contribution in [0.5, 0.6) is 0 Å². The summed E-state index contributed by atoms with van der Waals surface area (Å²) in [4.78, 5) is 30.7. The first-order chi connectivity index (χ1) is 5.99. The minimum absolute atomic E-state index is 0.122. The second-order valence-electron chi connectivity index (χ2n) is 2.65. The Morgan fingerprint density at radius 1 is 1.38 bits per heavy atom. The van der Waals surface area contributed by atoms with Gasteiger partial charge in [-0.1, -0.05) is 6.92 Å². The van der Waals surface area contributed by atoms with Gasteiger partial charge in [-0.15, -0.1) is 0 Å². The van der Waals surface area contributed by atoms with E-state index in [1.165, 1.54) is 6.92 Å². The van der Waals surface area contributed by atoms with Gasteiger partial charge in [0.25, 0.3) is 0 Å². The molecule has 1 amide bonds. The monoisotopic (exact) mass is 189 g/mol. The van der Waals surface area contributed by atoms with Crippen molar-refractivity contribution >= 4 is 18.3 Å². The number of nitrogens with one attached hydrogen (secondary N) is 1. The molecular formula is C7H11NO5. The van der Waals surface area contributed by atoms with Crippen molar-refractivity contribution in [3.63, 3.8) is 0 Å². The first-order valence-electron chi connectivity index (χ1n) is 3.64. The lowest BCUT2D eigenvalue weighted by Crippen LogP contribution is -2.38. The summed E-state index contributed by atoms with van der Waals surface area (Å²) in [6.45, 7) is 1.38. The number of amides is 1. The van der Waals surface area contributed by atoms with Gasteiger partial charge in [-0.3, -0.25) is 9.59 Å². The highest BCUT2D eigenvalue weighted by atomic mass is 16.4. The Kier molecular flexibility index (Phi) is 4.50. The number of carbonyl (C=O) groups is 3. The number of carboxylic acids is 2. The molecule has 0 heterocycles. The van der Waals surface area contributed by atoms with E-state index in [1.807, 2.05) is 5.32 Å². The average Bonchev–Trinajstić information content (AvgIpc) is 2.03. The highest BCUT2D eigenvalue weighted by Gasteiger charge is 2.22. The molecule has 0 unspecified atom stereocenters. The summed E-state index contributed by atoms with van der Waals surface area (Å²) < 4.78 is 0. The largest absolute Gasteiger partial charge is 0.481 e. The second-order valence-corrected chi connectivity index (χ2v) is 2.65. The third-order valence-corrected chi connectivity index (χ3v) is 1.58. The van der Waals surface area contributed by atoms with E-state index in [1.54, 1.807) is 0 Å². The van der Waals surface area contributed by atoms with Crippen molar-refractivity contribution in [3.8, 4) is 0 Å². The van der Waals surface area contributed by atoms with Gasteiger partial charge in [0.1, 0.15) is 6.04 Å². The van der Waals surface area contributed by atoms with Gasteiger partial charge in [0.2, 0.25) is 6.41 Å². The molecule has 0 aromatic rings. The number of rotatable bonds is 6. The molecule has 0 aliphatic carbocycles. The third-order valence-electron chi connectivity index (χ3n) is 1.58. The van der Waals surface area contributed by atoms with Crippen molar-refractivity contribution in [1.29, 1.82) is 0 Å². The predicted molar refractivity (Wildman–Crippen MR) is 42.0 cm³/mol. The molecule has 0 radical (unpaired) electrons. The molecular weight excluding hydrogens is 178 g/mol. The van der Waals surface area contributed by atoms with E-state index in [2.05, 4.69) is 0 Å². The minimum Gasteiger partial charge on any atom is -0.481 e. The third kappa shape index (κ3) is 4.09. The summed E-state index contributed by atoms with van der Waals surface area (Å²) in [6, 6.07) is -1.14. The molecule has 0 aromatic heterocycles. The van der Waals surface area contributed by atoms with Crippen LogP contribution in [0.25, 0.3) is 0 Å². The van der Waals surface area contributed by atoms with Crippen LogP contribution in [0.1, 0.15) is 13.3 Å². The van der Waals surface area contributed by atoms with Gasteiger partial charge in [0.15, 0.2) is 0 Å². The Balaban J connectivity index is 4.16. The number of carboxylic acid groups (broad SMARTS) is 2. The molecule has 0 bridgehead atoms. The highest BCUT2D eigenvalue weighted by molar-refractivity contribution is 5.77. The van der Waals surface area contributed by atoms with Gasteiger partial charge < -0.3 is 15.5 Å². The molecule has 0 aliphatic heterocycles. The Hall–Kier alpha value is -1.59. The molecule has 74 valence electrons. The molecule has 13 heavy (non-hydrogen) atoms. The lowest BCUT2D eigenvalue weighted by Gasteiger charge is -2.13. The highest BCUT2D eigenvalue weighted by Crippen LogP contribution is 2.05. The van der Waals surface area contributed by atoms with Gasteiger partial charge in [-0.25, -0.2) is 4.79 Å². The van der Waals surface area contributed by atoms with Crippen LogP contribution in [0.3, 0.4) is 0 Å². The van der Waals surface area contributed by atoms with Gasteiger partial charge >= 0.3 is 11.9 Å². The Morgan fingerprint density at radius 2 is 1.92 bits per heavy atom. The molecule has 3 N–H and O–H groups in total. The van der Waals surface area contributed by atoms with Crippen LogP contribution in [0.2, 0.25) is 0 Å². The normalized spacial score (nSPS) is 14.2. The van der Waals surface area contributed by atoms with Crippen molar-refractivity contribution in [2.75, 3.05) is 0 Å². The molecule has 0 rings (SSSR count). The smallest absolute Gasteiger partial charge is 0.326 e. The molecule has 6 heteroatoms. The first kappa shape index (κ1) is 11.4. The van der Waals surface area contributed by atoms with E-state index in [4.69, 9.17) is 10.2 Å². The fourth-order valence-electron chi connectivity index (χ4n) is 0.777. The maximum atomic E-state index is 10.4. The van der Waals surface area contributed by atoms with E-state index in [-0.39, 0.29) is 12.8 Å². The summed E-state index contributed by atoms with van der Waals surface area (Å²) in [5.41, 5.74) is 0. The van der Waals surface area contributed by atoms with Gasteiger partial charge in [-0.2, -0.15) is 0 Å². The van der Waals surface area contributed by atoms with Gasteiger partial charge in [0, 0.05) is 0 Å². The van der Waals surface area contributed by atoms with Crippen molar-refractivity contribution in [2.45, 2.75) is 19.4 Å². The lowest BCUT2D eigenvalue weighted by molar-refractivity contribution is -0.144. The number of aliphatic carboxylic acids is 2. The van der Waals surface area contributed by atoms with Crippen molar-refractivity contribution < 1.29 is 24.6 Å². The van der Waals surface area contributed by atoms with Crippen LogP contribution in [0.15, 0.2) is 0 Å². The zero-order valence-corrected chi connectivity index (χ0v) is 7.06. The van der Waals surface area contributed by atoms with E-state index in [0.717, 1.165) is 0 Å². The van der Waals surface area contributed by atoms with E-state index in [9.17, 15) is 14.4 Å². The summed E-state index contributed by atoms with van der Waals surface area (Å²) in [5, 5.41) is 19.0. The Labute approximate surface area is 74.6 Å². The van der Waals surface area contributed by atoms with E-state index in [0.29, 0.717) is 0 Å².